The van der Waals surface area contributed by atoms with E-state index in [1.807, 2.05) is 6.07 Å². The third-order valence-corrected chi connectivity index (χ3v) is 3.53. The molecule has 1 N–H and O–H groups in total. The molecule has 3 nitrogen and oxygen atoms in total. The van der Waals surface area contributed by atoms with Crippen molar-refractivity contribution in [3.05, 3.63) is 57.0 Å². The Morgan fingerprint density at radius 2 is 2.00 bits per heavy atom. The zero-order valence-electron chi connectivity index (χ0n) is 10.1. The number of thiophene rings is 1. The first-order chi connectivity index (χ1) is 9.58. The summed E-state index contributed by atoms with van der Waals surface area (Å²) in [6, 6.07) is 10.5. The molecule has 100 valence electrons. The van der Waals surface area contributed by atoms with Crippen LogP contribution in [0.5, 0.6) is 0 Å². The summed E-state index contributed by atoms with van der Waals surface area (Å²) in [4.78, 5) is 12.6. The van der Waals surface area contributed by atoms with E-state index in [9.17, 15) is 9.18 Å². The number of carbonyl (C=O) groups is 1. The Labute approximate surface area is 123 Å². The fraction of sp³-hybridized carbons (Fsp3) is 0. The highest BCUT2D eigenvalue weighted by Gasteiger charge is 2.10. The minimum Gasteiger partial charge on any atom is -0.321 e. The van der Waals surface area contributed by atoms with Gasteiger partial charge in [-0.3, -0.25) is 4.79 Å². The van der Waals surface area contributed by atoms with Crippen LogP contribution in [-0.2, 0) is 4.79 Å². The molecule has 0 aliphatic carbocycles. The first kappa shape index (κ1) is 14.3. The normalized spacial score (nSPS) is 10.9. The average Bonchev–Trinajstić information content (AvgIpc) is 2.84. The summed E-state index contributed by atoms with van der Waals surface area (Å²) in [6.45, 7) is 0. The molecule has 1 aromatic heterocycles. The van der Waals surface area contributed by atoms with Crippen molar-refractivity contribution in [2.24, 2.45) is 0 Å². The summed E-state index contributed by atoms with van der Waals surface area (Å²) in [7, 11) is 0. The molecule has 0 radical (unpaired) electrons. The number of rotatable bonds is 3. The van der Waals surface area contributed by atoms with Gasteiger partial charge < -0.3 is 5.32 Å². The first-order valence-electron chi connectivity index (χ1n) is 5.52. The highest BCUT2D eigenvalue weighted by molar-refractivity contribution is 7.17. The Hall–Kier alpha value is -2.16. The monoisotopic (exact) mass is 306 g/mol. The zero-order chi connectivity index (χ0) is 14.5. The van der Waals surface area contributed by atoms with Crippen LogP contribution in [0, 0.1) is 17.1 Å². The zero-order valence-corrected chi connectivity index (χ0v) is 11.6. The van der Waals surface area contributed by atoms with Crippen molar-refractivity contribution < 1.29 is 9.18 Å². The molecule has 0 atom stereocenters. The van der Waals surface area contributed by atoms with Gasteiger partial charge in [0.25, 0.3) is 5.91 Å². The van der Waals surface area contributed by atoms with E-state index in [4.69, 9.17) is 16.9 Å². The Kier molecular flexibility index (Phi) is 4.51. The van der Waals surface area contributed by atoms with Gasteiger partial charge in [-0.15, -0.1) is 11.3 Å². The topological polar surface area (TPSA) is 52.9 Å². The Bertz CT molecular complexity index is 701. The van der Waals surface area contributed by atoms with Gasteiger partial charge in [-0.1, -0.05) is 11.6 Å². The molecule has 1 aromatic carbocycles. The third kappa shape index (κ3) is 3.67. The molecule has 0 aliphatic heterocycles. The highest BCUT2D eigenvalue weighted by atomic mass is 35.5. The summed E-state index contributed by atoms with van der Waals surface area (Å²) >= 11 is 7.05. The van der Waals surface area contributed by atoms with E-state index >= 15 is 0 Å². The molecule has 0 saturated carbocycles. The van der Waals surface area contributed by atoms with E-state index in [2.05, 4.69) is 5.32 Å². The van der Waals surface area contributed by atoms with Crippen molar-refractivity contribution in [1.29, 1.82) is 5.26 Å². The van der Waals surface area contributed by atoms with Crippen LogP contribution in [0.1, 0.15) is 4.88 Å². The number of hydrogen-bond donors (Lipinski definition) is 1. The number of nitrogens with zero attached hydrogens (tertiary/aromatic N) is 1. The van der Waals surface area contributed by atoms with E-state index in [1.54, 1.807) is 12.1 Å². The molecule has 1 amide bonds. The molecule has 0 spiro atoms. The van der Waals surface area contributed by atoms with Crippen LogP contribution >= 0.6 is 22.9 Å². The lowest BCUT2D eigenvalue weighted by Crippen LogP contribution is -2.13. The molecular formula is C14H8ClFN2OS. The van der Waals surface area contributed by atoms with Gasteiger partial charge in [0.2, 0.25) is 0 Å². The average molecular weight is 307 g/mol. The molecule has 20 heavy (non-hydrogen) atoms. The molecular weight excluding hydrogens is 299 g/mol. The summed E-state index contributed by atoms with van der Waals surface area (Å²) < 4.78 is 13.3. The second kappa shape index (κ2) is 6.33. The molecule has 0 saturated heterocycles. The predicted molar refractivity (Wildman–Crippen MR) is 77.9 cm³/mol. The number of halogens is 2. The Morgan fingerprint density at radius 3 is 2.55 bits per heavy atom. The van der Waals surface area contributed by atoms with Crippen molar-refractivity contribution >= 4 is 40.6 Å². The van der Waals surface area contributed by atoms with Crippen LogP contribution in [0.25, 0.3) is 6.08 Å². The maximum absolute atomic E-state index is 12.8. The number of benzene rings is 1. The molecule has 0 unspecified atom stereocenters. The number of hydrogen-bond acceptors (Lipinski definition) is 3. The van der Waals surface area contributed by atoms with Crippen molar-refractivity contribution in [2.45, 2.75) is 0 Å². The number of amides is 1. The largest absolute Gasteiger partial charge is 0.321 e. The van der Waals surface area contributed by atoms with Gasteiger partial charge in [-0.05, 0) is 42.5 Å². The fourth-order valence-corrected chi connectivity index (χ4v) is 2.43. The van der Waals surface area contributed by atoms with Gasteiger partial charge in [-0.25, -0.2) is 4.39 Å². The summed E-state index contributed by atoms with van der Waals surface area (Å²) in [6.07, 6.45) is 1.45. The minimum absolute atomic E-state index is 0.0483. The van der Waals surface area contributed by atoms with Crippen LogP contribution in [0.2, 0.25) is 4.34 Å². The summed E-state index contributed by atoms with van der Waals surface area (Å²) in [5.74, 6) is -0.948. The summed E-state index contributed by atoms with van der Waals surface area (Å²) in [5.41, 5.74) is 0.370. The van der Waals surface area contributed by atoms with Crippen LogP contribution in [-0.4, -0.2) is 5.91 Å². The molecule has 0 aliphatic rings. The van der Waals surface area contributed by atoms with Gasteiger partial charge >= 0.3 is 0 Å². The first-order valence-corrected chi connectivity index (χ1v) is 6.72. The number of carbonyl (C=O) groups excluding carboxylic acids is 1. The number of anilines is 1. The Morgan fingerprint density at radius 1 is 1.30 bits per heavy atom. The molecule has 0 fully saturated rings. The maximum Gasteiger partial charge on any atom is 0.266 e. The smallest absolute Gasteiger partial charge is 0.266 e. The minimum atomic E-state index is -0.552. The standard InChI is InChI=1S/C14H8ClFN2OS/c15-13-6-5-12(20-13)7-9(8-17)14(19)18-11-3-1-10(16)2-4-11/h1-7H,(H,18,19)/b9-7-. The summed E-state index contributed by atoms with van der Waals surface area (Å²) in [5, 5.41) is 11.5. The second-order valence-corrected chi connectivity index (χ2v) is 5.52. The van der Waals surface area contributed by atoms with Gasteiger partial charge in [0.05, 0.1) is 4.34 Å². The molecule has 2 aromatic rings. The van der Waals surface area contributed by atoms with Crippen molar-refractivity contribution in [3.63, 3.8) is 0 Å². The predicted octanol–water partition coefficient (Wildman–Crippen LogP) is 4.09. The Balaban J connectivity index is 2.16. The fourth-order valence-electron chi connectivity index (χ4n) is 1.43. The maximum atomic E-state index is 12.8. The van der Waals surface area contributed by atoms with E-state index in [0.717, 1.165) is 0 Å². The molecule has 0 bridgehead atoms. The second-order valence-electron chi connectivity index (χ2n) is 3.77. The van der Waals surface area contributed by atoms with Gasteiger partial charge in [-0.2, -0.15) is 5.26 Å². The molecule has 1 heterocycles. The quantitative estimate of drug-likeness (QED) is 0.686. The van der Waals surface area contributed by atoms with Crippen LogP contribution in [0.3, 0.4) is 0 Å². The van der Waals surface area contributed by atoms with E-state index in [0.29, 0.717) is 14.9 Å². The van der Waals surface area contributed by atoms with Crippen LogP contribution in [0.15, 0.2) is 42.0 Å². The number of nitriles is 1. The van der Waals surface area contributed by atoms with Crippen LogP contribution in [0.4, 0.5) is 10.1 Å². The SMILES string of the molecule is N#C/C(=C/c1ccc(Cl)s1)C(=O)Nc1ccc(F)cc1. The third-order valence-electron chi connectivity index (χ3n) is 2.35. The number of nitrogens with one attached hydrogen (secondary N) is 1. The van der Waals surface area contributed by atoms with Crippen molar-refractivity contribution in [3.8, 4) is 6.07 Å². The van der Waals surface area contributed by atoms with Gasteiger partial charge in [0.15, 0.2) is 0 Å². The molecule has 6 heteroatoms. The van der Waals surface area contributed by atoms with Gasteiger partial charge in [0, 0.05) is 10.6 Å². The lowest BCUT2D eigenvalue weighted by Gasteiger charge is -2.03. The lowest BCUT2D eigenvalue weighted by molar-refractivity contribution is -0.112. The lowest BCUT2D eigenvalue weighted by atomic mass is 10.2. The van der Waals surface area contributed by atoms with E-state index < -0.39 is 11.7 Å². The van der Waals surface area contributed by atoms with Crippen molar-refractivity contribution in [1.82, 2.24) is 0 Å². The van der Waals surface area contributed by atoms with Crippen molar-refractivity contribution in [2.75, 3.05) is 5.32 Å². The van der Waals surface area contributed by atoms with E-state index in [1.165, 1.54) is 41.7 Å². The highest BCUT2D eigenvalue weighted by Crippen LogP contribution is 2.23. The van der Waals surface area contributed by atoms with Crippen LogP contribution < -0.4 is 5.32 Å². The van der Waals surface area contributed by atoms with E-state index in [-0.39, 0.29) is 5.57 Å². The van der Waals surface area contributed by atoms with Gasteiger partial charge in [0.1, 0.15) is 17.5 Å². The molecule has 2 rings (SSSR count).